The van der Waals surface area contributed by atoms with Crippen molar-refractivity contribution in [3.8, 4) is 11.1 Å². The number of aromatic nitrogens is 1. The van der Waals surface area contributed by atoms with Crippen molar-refractivity contribution in [2.24, 2.45) is 5.10 Å². The zero-order valence-corrected chi connectivity index (χ0v) is 20.1. The van der Waals surface area contributed by atoms with Crippen molar-refractivity contribution in [3.63, 3.8) is 0 Å². The van der Waals surface area contributed by atoms with E-state index in [1.54, 1.807) is 36.4 Å². The van der Waals surface area contributed by atoms with E-state index in [9.17, 15) is 14.0 Å². The lowest BCUT2D eigenvalue weighted by atomic mass is 9.91. The maximum Gasteiger partial charge on any atom is 0.310 e. The van der Waals surface area contributed by atoms with Crippen molar-refractivity contribution >= 4 is 34.1 Å². The van der Waals surface area contributed by atoms with Crippen molar-refractivity contribution in [1.82, 2.24) is 9.99 Å². The van der Waals surface area contributed by atoms with Crippen LogP contribution in [0.15, 0.2) is 106 Å². The molecule has 0 radical (unpaired) electrons. The van der Waals surface area contributed by atoms with Crippen LogP contribution in [0.5, 0.6) is 0 Å². The highest BCUT2D eigenvalue weighted by atomic mass is 35.5. The molecule has 3 aromatic carbocycles. The second-order valence-corrected chi connectivity index (χ2v) is 9.11. The number of hydrazone groups is 1. The Morgan fingerprint density at radius 3 is 2.49 bits per heavy atom. The number of hydrogen-bond acceptors (Lipinski definition) is 4. The third kappa shape index (κ3) is 4.03. The highest BCUT2D eigenvalue weighted by Crippen LogP contribution is 2.38. The minimum absolute atomic E-state index is 0.0664. The number of furan rings is 1. The molecule has 182 valence electrons. The smallest absolute Gasteiger partial charge is 0.310 e. The highest BCUT2D eigenvalue weighted by molar-refractivity contribution is 6.30. The van der Waals surface area contributed by atoms with Gasteiger partial charge in [-0.05, 0) is 42.0 Å². The summed E-state index contributed by atoms with van der Waals surface area (Å²) in [6.07, 6.45) is 1.52. The van der Waals surface area contributed by atoms with Crippen LogP contribution in [-0.2, 0) is 0 Å². The van der Waals surface area contributed by atoms with Gasteiger partial charge in [-0.25, -0.2) is 9.40 Å². The molecule has 6 nitrogen and oxygen atoms in total. The van der Waals surface area contributed by atoms with Gasteiger partial charge >= 0.3 is 5.91 Å². The van der Waals surface area contributed by atoms with Crippen LogP contribution in [-0.4, -0.2) is 21.6 Å². The fourth-order valence-electron chi connectivity index (χ4n) is 4.78. The molecule has 5 aromatic rings. The van der Waals surface area contributed by atoms with Crippen molar-refractivity contribution in [3.05, 3.63) is 129 Å². The molecule has 0 saturated heterocycles. The molecule has 1 N–H and O–H groups in total. The van der Waals surface area contributed by atoms with Crippen LogP contribution in [0.25, 0.3) is 22.0 Å². The van der Waals surface area contributed by atoms with Crippen LogP contribution in [0.3, 0.4) is 0 Å². The molecule has 8 heteroatoms. The van der Waals surface area contributed by atoms with Crippen LogP contribution in [0.4, 0.5) is 4.39 Å². The van der Waals surface area contributed by atoms with Gasteiger partial charge < -0.3 is 9.40 Å². The molecule has 1 atom stereocenters. The van der Waals surface area contributed by atoms with Gasteiger partial charge in [-0.1, -0.05) is 60.1 Å². The standard InChI is InChI=1S/C29H19ClFN3O3/c30-18-13-11-17(12-14-18)26-20-7-2-4-9-22(20)32-28(35)27(26)23-16-24(19-6-1-3-8-21(19)31)34(33-23)29(36)25-10-5-15-37-25/h1-15,24H,16H2,(H,32,35)/t24-/m0/s1. The van der Waals surface area contributed by atoms with Gasteiger partial charge in [0.25, 0.3) is 5.56 Å². The van der Waals surface area contributed by atoms with Gasteiger partial charge in [0.2, 0.25) is 0 Å². The SMILES string of the molecule is O=C(c1ccco1)N1N=C(c2c(-c3ccc(Cl)cc3)c3ccccc3[nH]c2=O)C[C@H]1c1ccccc1F. The van der Waals surface area contributed by atoms with E-state index in [1.165, 1.54) is 23.4 Å². The van der Waals surface area contributed by atoms with E-state index in [2.05, 4.69) is 10.1 Å². The second-order valence-electron chi connectivity index (χ2n) is 8.67. The molecule has 0 saturated carbocycles. The number of para-hydroxylation sites is 1. The van der Waals surface area contributed by atoms with Crippen LogP contribution < -0.4 is 5.56 Å². The number of pyridine rings is 1. The molecule has 1 aliphatic heterocycles. The first kappa shape index (κ1) is 22.9. The number of amides is 1. The Morgan fingerprint density at radius 2 is 1.73 bits per heavy atom. The second kappa shape index (κ2) is 9.19. The number of nitrogens with zero attached hydrogens (tertiary/aromatic N) is 2. The van der Waals surface area contributed by atoms with E-state index in [4.69, 9.17) is 16.0 Å². The fourth-order valence-corrected chi connectivity index (χ4v) is 4.91. The van der Waals surface area contributed by atoms with E-state index in [-0.39, 0.29) is 17.7 Å². The van der Waals surface area contributed by atoms with E-state index in [0.29, 0.717) is 32.9 Å². The Balaban J connectivity index is 1.58. The molecule has 1 amide bonds. The van der Waals surface area contributed by atoms with Crippen LogP contribution in [0.1, 0.15) is 34.1 Å². The van der Waals surface area contributed by atoms with Gasteiger partial charge in [0, 0.05) is 33.5 Å². The van der Waals surface area contributed by atoms with Gasteiger partial charge in [0.1, 0.15) is 5.82 Å². The van der Waals surface area contributed by atoms with E-state index < -0.39 is 17.8 Å². The summed E-state index contributed by atoms with van der Waals surface area (Å²) in [4.78, 5) is 29.8. The van der Waals surface area contributed by atoms with Gasteiger partial charge in [-0.15, -0.1) is 0 Å². The number of aromatic amines is 1. The van der Waals surface area contributed by atoms with Crippen LogP contribution >= 0.6 is 11.6 Å². The molecular formula is C29H19ClFN3O3. The normalized spacial score (nSPS) is 15.2. The summed E-state index contributed by atoms with van der Waals surface area (Å²) in [6, 6.07) is 23.2. The minimum atomic E-state index is -0.766. The van der Waals surface area contributed by atoms with E-state index in [1.807, 2.05) is 36.4 Å². The molecule has 2 aromatic heterocycles. The first-order valence-corrected chi connectivity index (χ1v) is 12.0. The predicted molar refractivity (Wildman–Crippen MR) is 140 cm³/mol. The van der Waals surface area contributed by atoms with Crippen molar-refractivity contribution in [2.75, 3.05) is 0 Å². The molecule has 37 heavy (non-hydrogen) atoms. The number of halogens is 2. The Labute approximate surface area is 215 Å². The van der Waals surface area contributed by atoms with Crippen LogP contribution in [0.2, 0.25) is 5.02 Å². The lowest BCUT2D eigenvalue weighted by Gasteiger charge is -2.21. The van der Waals surface area contributed by atoms with E-state index >= 15 is 0 Å². The molecule has 1 aliphatic rings. The average Bonchev–Trinajstić information content (AvgIpc) is 3.59. The number of hydrogen-bond donors (Lipinski definition) is 1. The number of rotatable bonds is 4. The average molecular weight is 512 g/mol. The Hall–Kier alpha value is -4.49. The lowest BCUT2D eigenvalue weighted by molar-refractivity contribution is 0.0676. The summed E-state index contributed by atoms with van der Waals surface area (Å²) in [6.45, 7) is 0. The van der Waals surface area contributed by atoms with Crippen molar-refractivity contribution in [1.29, 1.82) is 0 Å². The first-order valence-electron chi connectivity index (χ1n) is 11.6. The lowest BCUT2D eigenvalue weighted by Crippen LogP contribution is -2.27. The number of carbonyl (C=O) groups excluding carboxylic acids is 1. The highest BCUT2D eigenvalue weighted by Gasteiger charge is 2.37. The van der Waals surface area contributed by atoms with Gasteiger partial charge in [0.05, 0.1) is 23.6 Å². The summed E-state index contributed by atoms with van der Waals surface area (Å²) < 4.78 is 20.2. The van der Waals surface area contributed by atoms with Gasteiger partial charge in [-0.3, -0.25) is 9.59 Å². The number of benzene rings is 3. The minimum Gasteiger partial charge on any atom is -0.459 e. The molecule has 0 aliphatic carbocycles. The topological polar surface area (TPSA) is 78.7 Å². The molecule has 6 rings (SSSR count). The molecule has 0 bridgehead atoms. The third-order valence-corrected chi connectivity index (χ3v) is 6.71. The van der Waals surface area contributed by atoms with E-state index in [0.717, 1.165) is 10.9 Å². The van der Waals surface area contributed by atoms with Crippen LogP contribution in [0, 0.1) is 5.82 Å². The zero-order valence-electron chi connectivity index (χ0n) is 19.3. The molecule has 0 spiro atoms. The maximum absolute atomic E-state index is 14.9. The summed E-state index contributed by atoms with van der Waals surface area (Å²) >= 11 is 6.14. The largest absolute Gasteiger partial charge is 0.459 e. The Kier molecular flexibility index (Phi) is 5.70. The molecule has 3 heterocycles. The van der Waals surface area contributed by atoms with Gasteiger partial charge in [-0.2, -0.15) is 5.10 Å². The summed E-state index contributed by atoms with van der Waals surface area (Å²) in [5, 5.41) is 7.18. The zero-order chi connectivity index (χ0) is 25.5. The summed E-state index contributed by atoms with van der Waals surface area (Å²) in [5.41, 5.74) is 2.71. The quantitative estimate of drug-likeness (QED) is 0.296. The first-order chi connectivity index (χ1) is 18.0. The Morgan fingerprint density at radius 1 is 0.973 bits per heavy atom. The molecule has 0 fully saturated rings. The third-order valence-electron chi connectivity index (χ3n) is 6.46. The number of nitrogens with one attached hydrogen (secondary N) is 1. The monoisotopic (exact) mass is 511 g/mol. The number of fused-ring (bicyclic) bond motifs is 1. The summed E-state index contributed by atoms with van der Waals surface area (Å²) in [5.74, 6) is -0.929. The number of carbonyl (C=O) groups is 1. The molecule has 0 unspecified atom stereocenters. The Bertz CT molecular complexity index is 1730. The molecular weight excluding hydrogens is 493 g/mol. The van der Waals surface area contributed by atoms with Crippen molar-refractivity contribution in [2.45, 2.75) is 12.5 Å². The predicted octanol–water partition coefficient (Wildman–Crippen LogP) is 6.57. The van der Waals surface area contributed by atoms with Gasteiger partial charge in [0.15, 0.2) is 5.76 Å². The fraction of sp³-hybridized carbons (Fsp3) is 0.0690. The maximum atomic E-state index is 14.9. The van der Waals surface area contributed by atoms with Crippen molar-refractivity contribution < 1.29 is 13.6 Å². The summed E-state index contributed by atoms with van der Waals surface area (Å²) in [7, 11) is 0. The number of H-pyrrole nitrogens is 1.